The monoisotopic (exact) mass is 354 g/mol. The highest BCUT2D eigenvalue weighted by Gasteiger charge is 2.14. The van der Waals surface area contributed by atoms with Crippen molar-refractivity contribution < 1.29 is 14.3 Å². The predicted octanol–water partition coefficient (Wildman–Crippen LogP) is 2.52. The average molecular weight is 354 g/mol. The number of nitrogens with zero attached hydrogens (tertiary/aromatic N) is 4. The predicted molar refractivity (Wildman–Crippen MR) is 98.6 cm³/mol. The summed E-state index contributed by atoms with van der Waals surface area (Å²) in [4.78, 5) is 18.5. The summed E-state index contributed by atoms with van der Waals surface area (Å²) in [6.07, 6.45) is 3.98. The molecule has 0 spiro atoms. The highest BCUT2D eigenvalue weighted by molar-refractivity contribution is 5.96. The first-order valence-electron chi connectivity index (χ1n) is 8.39. The van der Waals surface area contributed by atoms with Crippen molar-refractivity contribution in [2.75, 3.05) is 27.3 Å². The molecular weight excluding hydrogens is 332 g/mol. The summed E-state index contributed by atoms with van der Waals surface area (Å²) in [5.41, 5.74) is 2.16. The molecule has 0 radical (unpaired) electrons. The quantitative estimate of drug-likeness (QED) is 0.610. The molecule has 0 aliphatic heterocycles. The van der Waals surface area contributed by atoms with Gasteiger partial charge in [0.2, 0.25) is 0 Å². The molecule has 0 aliphatic rings. The molecule has 136 valence electrons. The number of carbonyl (C=O) groups is 1. The van der Waals surface area contributed by atoms with E-state index in [0.29, 0.717) is 36.6 Å². The van der Waals surface area contributed by atoms with Gasteiger partial charge in [0.15, 0.2) is 11.5 Å². The van der Waals surface area contributed by atoms with E-state index >= 15 is 0 Å². The molecule has 7 heteroatoms. The third-order valence-corrected chi connectivity index (χ3v) is 4.16. The molecule has 1 aromatic carbocycles. The van der Waals surface area contributed by atoms with Crippen LogP contribution in [0.15, 0.2) is 42.7 Å². The van der Waals surface area contributed by atoms with Crippen molar-refractivity contribution in [3.8, 4) is 11.5 Å². The Hall–Kier alpha value is -3.09. The molecule has 0 aliphatic carbocycles. The number of fused-ring (bicyclic) bond motifs is 1. The van der Waals surface area contributed by atoms with Crippen molar-refractivity contribution in [1.29, 1.82) is 0 Å². The van der Waals surface area contributed by atoms with E-state index in [1.54, 1.807) is 36.1 Å². The highest BCUT2D eigenvalue weighted by Crippen LogP contribution is 2.25. The number of para-hydroxylation sites is 2. The molecule has 7 nitrogen and oxygen atoms in total. The number of pyridine rings is 1. The normalized spacial score (nSPS) is 10.7. The van der Waals surface area contributed by atoms with Crippen LogP contribution in [0.1, 0.15) is 16.8 Å². The van der Waals surface area contributed by atoms with Crippen LogP contribution in [0.25, 0.3) is 11.0 Å². The Balaban J connectivity index is 1.54. The second-order valence-corrected chi connectivity index (χ2v) is 5.98. The summed E-state index contributed by atoms with van der Waals surface area (Å²) < 4.78 is 12.7. The van der Waals surface area contributed by atoms with Gasteiger partial charge < -0.3 is 14.4 Å². The zero-order valence-corrected chi connectivity index (χ0v) is 15.2. The van der Waals surface area contributed by atoms with Crippen LogP contribution in [0, 0.1) is 0 Å². The molecule has 0 atom stereocenters. The van der Waals surface area contributed by atoms with Gasteiger partial charge in [-0.2, -0.15) is 5.10 Å². The van der Waals surface area contributed by atoms with Gasteiger partial charge in [-0.25, -0.2) is 0 Å². The van der Waals surface area contributed by atoms with Crippen LogP contribution in [0.4, 0.5) is 0 Å². The third-order valence-electron chi connectivity index (χ3n) is 4.16. The fourth-order valence-corrected chi connectivity index (χ4v) is 2.69. The van der Waals surface area contributed by atoms with Crippen LogP contribution in [0.2, 0.25) is 0 Å². The zero-order valence-electron chi connectivity index (χ0n) is 15.2. The molecule has 3 aromatic rings. The lowest BCUT2D eigenvalue weighted by atomic mass is 10.2. The Kier molecular flexibility index (Phi) is 5.36. The van der Waals surface area contributed by atoms with Gasteiger partial charge >= 0.3 is 0 Å². The minimum absolute atomic E-state index is 0.0714. The smallest absolute Gasteiger partial charge is 0.255 e. The molecule has 0 saturated carbocycles. The Labute approximate surface area is 152 Å². The van der Waals surface area contributed by atoms with Crippen LogP contribution in [0.3, 0.4) is 0 Å². The summed E-state index contributed by atoms with van der Waals surface area (Å²) in [6, 6.07) is 9.33. The number of ether oxygens (including phenoxy) is 2. The number of aryl methyl sites for hydroxylation is 1. The van der Waals surface area contributed by atoms with Crippen LogP contribution in [-0.4, -0.2) is 52.9 Å². The molecule has 2 heterocycles. The van der Waals surface area contributed by atoms with E-state index in [0.717, 1.165) is 11.0 Å². The maximum atomic E-state index is 12.6. The van der Waals surface area contributed by atoms with Gasteiger partial charge in [0, 0.05) is 26.8 Å². The van der Waals surface area contributed by atoms with Crippen molar-refractivity contribution in [3.63, 3.8) is 0 Å². The lowest BCUT2D eigenvalue weighted by Crippen LogP contribution is -2.28. The van der Waals surface area contributed by atoms with Gasteiger partial charge in [0.25, 0.3) is 5.91 Å². The summed E-state index contributed by atoms with van der Waals surface area (Å²) in [6.45, 7) is 1.08. The number of methoxy groups -OCH3 is 1. The largest absolute Gasteiger partial charge is 0.493 e. The molecule has 3 rings (SSSR count). The molecular formula is C19H22N4O3. The maximum absolute atomic E-state index is 12.6. The SMILES string of the molecule is COc1ccccc1OCCCN(C)C(=O)c1cnc2cnn(C)c2c1. The van der Waals surface area contributed by atoms with E-state index < -0.39 is 0 Å². The number of amides is 1. The molecule has 2 aromatic heterocycles. The first-order chi connectivity index (χ1) is 12.6. The molecule has 26 heavy (non-hydrogen) atoms. The van der Waals surface area contributed by atoms with Crippen molar-refractivity contribution in [2.45, 2.75) is 6.42 Å². The first kappa shape index (κ1) is 17.7. The van der Waals surface area contributed by atoms with Gasteiger partial charge in [0.05, 0.1) is 31.0 Å². The lowest BCUT2D eigenvalue weighted by Gasteiger charge is -2.17. The number of carbonyl (C=O) groups excluding carboxylic acids is 1. The number of hydrogen-bond donors (Lipinski definition) is 0. The van der Waals surface area contributed by atoms with E-state index in [4.69, 9.17) is 9.47 Å². The van der Waals surface area contributed by atoms with E-state index in [-0.39, 0.29) is 5.91 Å². The fraction of sp³-hybridized carbons (Fsp3) is 0.316. The Bertz CT molecular complexity index is 907. The fourth-order valence-electron chi connectivity index (χ4n) is 2.69. The minimum atomic E-state index is -0.0714. The number of benzene rings is 1. The van der Waals surface area contributed by atoms with E-state index in [1.807, 2.05) is 37.4 Å². The third kappa shape index (κ3) is 3.77. The van der Waals surface area contributed by atoms with Gasteiger partial charge in [-0.3, -0.25) is 14.5 Å². The van der Waals surface area contributed by atoms with Crippen LogP contribution < -0.4 is 9.47 Å². The van der Waals surface area contributed by atoms with Crippen molar-refractivity contribution in [3.05, 3.63) is 48.3 Å². The Morgan fingerprint density at radius 2 is 2.00 bits per heavy atom. The van der Waals surface area contributed by atoms with Gasteiger partial charge in [-0.1, -0.05) is 12.1 Å². The lowest BCUT2D eigenvalue weighted by molar-refractivity contribution is 0.0787. The summed E-state index contributed by atoms with van der Waals surface area (Å²) >= 11 is 0. The molecule has 0 fully saturated rings. The second-order valence-electron chi connectivity index (χ2n) is 5.98. The van der Waals surface area contributed by atoms with Crippen LogP contribution in [0.5, 0.6) is 11.5 Å². The molecule has 0 bridgehead atoms. The van der Waals surface area contributed by atoms with Gasteiger partial charge in [-0.15, -0.1) is 0 Å². The molecule has 0 saturated heterocycles. The molecule has 1 amide bonds. The number of rotatable bonds is 7. The molecule has 0 unspecified atom stereocenters. The second kappa shape index (κ2) is 7.86. The summed E-state index contributed by atoms with van der Waals surface area (Å²) in [7, 11) is 5.22. The minimum Gasteiger partial charge on any atom is -0.493 e. The van der Waals surface area contributed by atoms with E-state index in [9.17, 15) is 4.79 Å². The Morgan fingerprint density at radius 3 is 2.77 bits per heavy atom. The maximum Gasteiger partial charge on any atom is 0.255 e. The molecule has 0 N–H and O–H groups in total. The first-order valence-corrected chi connectivity index (χ1v) is 8.39. The standard InChI is InChI=1S/C19H22N4O3/c1-22(9-6-10-26-18-8-5-4-7-17(18)25-3)19(24)14-11-16-15(20-12-14)13-21-23(16)2/h4-5,7-8,11-13H,6,9-10H2,1-3H3. The van der Waals surface area contributed by atoms with Gasteiger partial charge in [0.1, 0.15) is 5.52 Å². The summed E-state index contributed by atoms with van der Waals surface area (Å²) in [5.74, 6) is 1.33. The Morgan fingerprint density at radius 1 is 1.23 bits per heavy atom. The van der Waals surface area contributed by atoms with Crippen LogP contribution in [-0.2, 0) is 7.05 Å². The van der Waals surface area contributed by atoms with Crippen LogP contribution >= 0.6 is 0 Å². The van der Waals surface area contributed by atoms with E-state index in [1.165, 1.54) is 0 Å². The van der Waals surface area contributed by atoms with Crippen molar-refractivity contribution >= 4 is 16.9 Å². The van der Waals surface area contributed by atoms with Crippen molar-refractivity contribution in [1.82, 2.24) is 19.7 Å². The average Bonchev–Trinajstić information content (AvgIpc) is 3.05. The highest BCUT2D eigenvalue weighted by atomic mass is 16.5. The van der Waals surface area contributed by atoms with Crippen molar-refractivity contribution in [2.24, 2.45) is 7.05 Å². The van der Waals surface area contributed by atoms with E-state index in [2.05, 4.69) is 10.1 Å². The topological polar surface area (TPSA) is 69.5 Å². The zero-order chi connectivity index (χ0) is 18.5. The number of aromatic nitrogens is 3. The number of hydrogen-bond acceptors (Lipinski definition) is 5. The summed E-state index contributed by atoms with van der Waals surface area (Å²) in [5, 5.41) is 4.15. The van der Waals surface area contributed by atoms with Gasteiger partial charge in [-0.05, 0) is 24.6 Å².